The highest BCUT2D eigenvalue weighted by molar-refractivity contribution is 5.67. The summed E-state index contributed by atoms with van der Waals surface area (Å²) >= 11 is 0. The molecular weight excluding hydrogens is 306 g/mol. The van der Waals surface area contributed by atoms with E-state index in [-0.39, 0.29) is 17.8 Å². The van der Waals surface area contributed by atoms with Crippen molar-refractivity contribution in [1.29, 1.82) is 0 Å². The van der Waals surface area contributed by atoms with Gasteiger partial charge in [0.15, 0.2) is 0 Å². The van der Waals surface area contributed by atoms with Crippen LogP contribution in [0.3, 0.4) is 0 Å². The lowest BCUT2D eigenvalue weighted by Gasteiger charge is -2.22. The van der Waals surface area contributed by atoms with Crippen molar-refractivity contribution in [3.8, 4) is 0 Å². The Hall–Kier alpha value is -2.26. The van der Waals surface area contributed by atoms with Gasteiger partial charge in [0, 0.05) is 23.9 Å². The van der Waals surface area contributed by atoms with Crippen LogP contribution in [0.5, 0.6) is 0 Å². The highest BCUT2D eigenvalue weighted by Gasteiger charge is 2.24. The number of pyridine rings is 1. The standard InChI is InChI=1S/C14H21N3O6/c1-8-10(5-9(6-15-8)17(21)22)12(19)11(18)7-16-13(20)23-14(2,3)4/h5-6,11-12,18-19H,7H2,1-4H3,(H,16,20). The Morgan fingerprint density at radius 2 is 2.09 bits per heavy atom. The number of hydrogen-bond acceptors (Lipinski definition) is 7. The number of carbonyl (C=O) groups is 1. The molecule has 0 fully saturated rings. The average Bonchev–Trinajstić information content (AvgIpc) is 2.42. The summed E-state index contributed by atoms with van der Waals surface area (Å²) in [4.78, 5) is 25.4. The molecule has 0 aliphatic carbocycles. The number of amides is 1. The molecule has 1 amide bonds. The molecule has 3 N–H and O–H groups in total. The van der Waals surface area contributed by atoms with Crippen molar-refractivity contribution in [3.63, 3.8) is 0 Å². The van der Waals surface area contributed by atoms with E-state index in [1.165, 1.54) is 0 Å². The fraction of sp³-hybridized carbons (Fsp3) is 0.571. The topological polar surface area (TPSA) is 135 Å². The van der Waals surface area contributed by atoms with E-state index < -0.39 is 28.8 Å². The molecule has 0 aliphatic heterocycles. The number of nitro groups is 1. The Morgan fingerprint density at radius 3 is 2.61 bits per heavy atom. The van der Waals surface area contributed by atoms with Gasteiger partial charge in [0.1, 0.15) is 24.0 Å². The second-order valence-electron chi connectivity index (χ2n) is 6.02. The van der Waals surface area contributed by atoms with Gasteiger partial charge in [-0.05, 0) is 27.7 Å². The summed E-state index contributed by atoms with van der Waals surface area (Å²) in [5.74, 6) is 0. The van der Waals surface area contributed by atoms with Crippen molar-refractivity contribution < 1.29 is 24.7 Å². The number of aromatic nitrogens is 1. The number of ether oxygens (including phenoxy) is 1. The molecule has 1 aromatic heterocycles. The van der Waals surface area contributed by atoms with Crippen molar-refractivity contribution >= 4 is 11.8 Å². The number of rotatable bonds is 5. The van der Waals surface area contributed by atoms with Crippen LogP contribution in [0.15, 0.2) is 12.3 Å². The van der Waals surface area contributed by atoms with Crippen LogP contribution in [-0.4, -0.2) is 44.5 Å². The van der Waals surface area contributed by atoms with Crippen LogP contribution in [0.2, 0.25) is 0 Å². The van der Waals surface area contributed by atoms with Gasteiger partial charge in [-0.3, -0.25) is 15.1 Å². The van der Waals surface area contributed by atoms with E-state index >= 15 is 0 Å². The van der Waals surface area contributed by atoms with Gasteiger partial charge in [-0.1, -0.05) is 0 Å². The quantitative estimate of drug-likeness (QED) is 0.546. The number of hydrogen-bond donors (Lipinski definition) is 3. The highest BCUT2D eigenvalue weighted by atomic mass is 16.6. The first-order valence-electron chi connectivity index (χ1n) is 6.95. The summed E-state index contributed by atoms with van der Waals surface area (Å²) in [6, 6.07) is 1.14. The molecule has 0 aliphatic rings. The normalized spacial score (nSPS) is 14.0. The van der Waals surface area contributed by atoms with Gasteiger partial charge in [-0.15, -0.1) is 0 Å². The third-order valence-corrected chi connectivity index (χ3v) is 2.86. The first-order valence-corrected chi connectivity index (χ1v) is 6.95. The minimum absolute atomic E-state index is 0.123. The van der Waals surface area contributed by atoms with Crippen molar-refractivity contribution in [1.82, 2.24) is 10.3 Å². The molecule has 0 spiro atoms. The Morgan fingerprint density at radius 1 is 1.48 bits per heavy atom. The zero-order valence-corrected chi connectivity index (χ0v) is 13.4. The van der Waals surface area contributed by atoms with Gasteiger partial charge in [-0.2, -0.15) is 0 Å². The van der Waals surface area contributed by atoms with Crippen LogP contribution >= 0.6 is 0 Å². The number of aliphatic hydroxyl groups excluding tert-OH is 2. The maximum atomic E-state index is 11.5. The Bertz CT molecular complexity index is 584. The fourth-order valence-corrected chi connectivity index (χ4v) is 1.76. The fourth-order valence-electron chi connectivity index (χ4n) is 1.76. The van der Waals surface area contributed by atoms with Gasteiger partial charge in [0.25, 0.3) is 5.69 Å². The van der Waals surface area contributed by atoms with Crippen LogP contribution in [0.25, 0.3) is 0 Å². The van der Waals surface area contributed by atoms with E-state index in [1.54, 1.807) is 27.7 Å². The Kier molecular flexibility index (Phi) is 5.99. The molecule has 1 aromatic rings. The van der Waals surface area contributed by atoms with Gasteiger partial charge in [0.05, 0.1) is 4.92 Å². The Balaban J connectivity index is 2.73. The lowest BCUT2D eigenvalue weighted by Crippen LogP contribution is -2.39. The molecule has 2 atom stereocenters. The summed E-state index contributed by atoms with van der Waals surface area (Å²) < 4.78 is 5.00. The van der Waals surface area contributed by atoms with Crippen LogP contribution < -0.4 is 5.32 Å². The number of nitrogens with zero attached hydrogens (tertiary/aromatic N) is 2. The summed E-state index contributed by atoms with van der Waals surface area (Å²) in [6.07, 6.45) is -2.48. The van der Waals surface area contributed by atoms with Gasteiger partial charge < -0.3 is 20.3 Å². The number of aryl methyl sites for hydroxylation is 1. The monoisotopic (exact) mass is 327 g/mol. The molecule has 1 rings (SSSR count). The predicted molar refractivity (Wildman–Crippen MR) is 80.8 cm³/mol. The zero-order chi connectivity index (χ0) is 17.8. The number of alkyl carbamates (subject to hydrolysis) is 1. The van der Waals surface area contributed by atoms with Gasteiger partial charge in [-0.25, -0.2) is 4.79 Å². The zero-order valence-electron chi connectivity index (χ0n) is 13.4. The molecule has 0 bridgehead atoms. The van der Waals surface area contributed by atoms with E-state index in [4.69, 9.17) is 4.74 Å². The van der Waals surface area contributed by atoms with Crippen LogP contribution in [-0.2, 0) is 4.74 Å². The van der Waals surface area contributed by atoms with Crippen LogP contribution in [0.1, 0.15) is 38.1 Å². The molecule has 0 saturated heterocycles. The predicted octanol–water partition coefficient (Wildman–Crippen LogP) is 1.22. The maximum Gasteiger partial charge on any atom is 0.407 e. The molecule has 1 heterocycles. The third-order valence-electron chi connectivity index (χ3n) is 2.86. The van der Waals surface area contributed by atoms with E-state index in [1.807, 2.05) is 0 Å². The van der Waals surface area contributed by atoms with Crippen molar-refractivity contribution in [2.45, 2.75) is 45.5 Å². The second-order valence-corrected chi connectivity index (χ2v) is 6.02. The van der Waals surface area contributed by atoms with Crippen LogP contribution in [0, 0.1) is 17.0 Å². The molecule has 9 heteroatoms. The van der Waals surface area contributed by atoms with E-state index in [9.17, 15) is 25.1 Å². The van der Waals surface area contributed by atoms with Crippen molar-refractivity contribution in [2.75, 3.05) is 6.54 Å². The second kappa shape index (κ2) is 7.34. The molecule has 9 nitrogen and oxygen atoms in total. The largest absolute Gasteiger partial charge is 0.444 e. The molecule has 2 unspecified atom stereocenters. The van der Waals surface area contributed by atoms with Gasteiger partial charge >= 0.3 is 6.09 Å². The molecule has 0 aromatic carbocycles. The van der Waals surface area contributed by atoms with Gasteiger partial charge in [0.2, 0.25) is 0 Å². The minimum Gasteiger partial charge on any atom is -0.444 e. The lowest BCUT2D eigenvalue weighted by molar-refractivity contribution is -0.385. The highest BCUT2D eigenvalue weighted by Crippen LogP contribution is 2.23. The minimum atomic E-state index is -1.43. The SMILES string of the molecule is Cc1ncc([N+](=O)[O-])cc1C(O)C(O)CNC(=O)OC(C)(C)C. The number of carbonyl (C=O) groups excluding carboxylic acids is 1. The van der Waals surface area contributed by atoms with Crippen molar-refractivity contribution in [2.24, 2.45) is 0 Å². The first kappa shape index (κ1) is 18.8. The smallest absolute Gasteiger partial charge is 0.407 e. The summed E-state index contributed by atoms with van der Waals surface area (Å²) in [7, 11) is 0. The summed E-state index contributed by atoms with van der Waals surface area (Å²) in [5, 5.41) is 33.1. The number of aliphatic hydroxyl groups is 2. The molecular formula is C14H21N3O6. The van der Waals surface area contributed by atoms with Crippen molar-refractivity contribution in [3.05, 3.63) is 33.6 Å². The first-order chi connectivity index (χ1) is 10.5. The molecule has 23 heavy (non-hydrogen) atoms. The summed E-state index contributed by atoms with van der Waals surface area (Å²) in [6.45, 7) is 6.34. The number of nitrogens with one attached hydrogen (secondary N) is 1. The molecule has 0 saturated carbocycles. The van der Waals surface area contributed by atoms with E-state index in [2.05, 4.69) is 10.3 Å². The average molecular weight is 327 g/mol. The van der Waals surface area contributed by atoms with E-state index in [0.29, 0.717) is 5.69 Å². The third kappa shape index (κ3) is 5.80. The summed E-state index contributed by atoms with van der Waals surface area (Å²) in [5.41, 5.74) is -0.511. The Labute approximate surface area is 133 Å². The molecule has 0 radical (unpaired) electrons. The maximum absolute atomic E-state index is 11.5. The van der Waals surface area contributed by atoms with Crippen LogP contribution in [0.4, 0.5) is 10.5 Å². The molecule has 128 valence electrons. The lowest BCUT2D eigenvalue weighted by atomic mass is 10.0. The van der Waals surface area contributed by atoms with E-state index in [0.717, 1.165) is 12.3 Å².